The van der Waals surface area contributed by atoms with Gasteiger partial charge < -0.3 is 10.2 Å². The monoisotopic (exact) mass is 288 g/mol. The van der Waals surface area contributed by atoms with Crippen LogP contribution in [0.4, 0.5) is 11.5 Å². The van der Waals surface area contributed by atoms with Gasteiger partial charge in [0, 0.05) is 46.0 Å². The summed E-state index contributed by atoms with van der Waals surface area (Å²) in [5.74, 6) is 1.02. The third-order valence-electron chi connectivity index (χ3n) is 3.92. The molecule has 0 amide bonds. The molecule has 4 heteroatoms. The highest BCUT2D eigenvalue weighted by Gasteiger charge is 2.19. The SMILES string of the molecule is CC(C)=CCN1CCC(Nc2cccnc2N(C)C)CC1. The lowest BCUT2D eigenvalue weighted by atomic mass is 10.0. The van der Waals surface area contributed by atoms with E-state index >= 15 is 0 Å². The predicted molar refractivity (Wildman–Crippen MR) is 91.1 cm³/mol. The van der Waals surface area contributed by atoms with Crippen molar-refractivity contribution in [2.45, 2.75) is 32.7 Å². The van der Waals surface area contributed by atoms with Crippen LogP contribution in [0.2, 0.25) is 0 Å². The van der Waals surface area contributed by atoms with E-state index in [-0.39, 0.29) is 0 Å². The Labute approximate surface area is 128 Å². The van der Waals surface area contributed by atoms with Crippen LogP contribution in [0.1, 0.15) is 26.7 Å². The van der Waals surface area contributed by atoms with Gasteiger partial charge in [-0.05, 0) is 38.8 Å². The van der Waals surface area contributed by atoms with Crippen LogP contribution in [-0.2, 0) is 0 Å². The van der Waals surface area contributed by atoms with Crippen molar-refractivity contribution in [1.29, 1.82) is 0 Å². The smallest absolute Gasteiger partial charge is 0.151 e. The van der Waals surface area contributed by atoms with E-state index in [4.69, 9.17) is 0 Å². The van der Waals surface area contributed by atoms with Gasteiger partial charge in [-0.3, -0.25) is 4.90 Å². The van der Waals surface area contributed by atoms with Crippen molar-refractivity contribution >= 4 is 11.5 Å². The van der Waals surface area contributed by atoms with E-state index in [0.717, 1.165) is 18.1 Å². The summed E-state index contributed by atoms with van der Waals surface area (Å²) in [6, 6.07) is 4.67. The Morgan fingerprint density at radius 1 is 1.38 bits per heavy atom. The highest BCUT2D eigenvalue weighted by Crippen LogP contribution is 2.24. The van der Waals surface area contributed by atoms with Crippen LogP contribution in [0, 0.1) is 0 Å². The maximum atomic E-state index is 4.45. The summed E-state index contributed by atoms with van der Waals surface area (Å²) >= 11 is 0. The lowest BCUT2D eigenvalue weighted by Gasteiger charge is -2.33. The van der Waals surface area contributed by atoms with Gasteiger partial charge in [-0.15, -0.1) is 0 Å². The van der Waals surface area contributed by atoms with Crippen molar-refractivity contribution in [3.63, 3.8) is 0 Å². The average molecular weight is 288 g/mol. The van der Waals surface area contributed by atoms with E-state index in [1.807, 2.05) is 26.4 Å². The molecule has 1 fully saturated rings. The first-order valence-electron chi connectivity index (χ1n) is 7.81. The molecule has 1 aromatic rings. The van der Waals surface area contributed by atoms with Crippen LogP contribution in [0.5, 0.6) is 0 Å². The minimum Gasteiger partial charge on any atom is -0.379 e. The van der Waals surface area contributed by atoms with E-state index in [9.17, 15) is 0 Å². The molecule has 116 valence electrons. The molecule has 0 saturated carbocycles. The number of anilines is 2. The number of aromatic nitrogens is 1. The highest BCUT2D eigenvalue weighted by atomic mass is 15.2. The molecular weight excluding hydrogens is 260 g/mol. The van der Waals surface area contributed by atoms with Crippen molar-refractivity contribution in [3.05, 3.63) is 30.0 Å². The Morgan fingerprint density at radius 3 is 2.71 bits per heavy atom. The Morgan fingerprint density at radius 2 is 2.10 bits per heavy atom. The number of nitrogens with zero attached hydrogens (tertiary/aromatic N) is 3. The van der Waals surface area contributed by atoms with Gasteiger partial charge >= 0.3 is 0 Å². The first-order valence-corrected chi connectivity index (χ1v) is 7.81. The molecule has 2 heterocycles. The fraction of sp³-hybridized carbons (Fsp3) is 0.588. The molecule has 1 aliphatic heterocycles. The molecule has 2 rings (SSSR count). The molecule has 0 radical (unpaired) electrons. The Hall–Kier alpha value is -1.55. The van der Waals surface area contributed by atoms with Crippen LogP contribution in [-0.4, -0.2) is 49.7 Å². The summed E-state index contributed by atoms with van der Waals surface area (Å²) in [6.45, 7) is 7.75. The summed E-state index contributed by atoms with van der Waals surface area (Å²) in [7, 11) is 4.07. The fourth-order valence-electron chi connectivity index (χ4n) is 2.66. The summed E-state index contributed by atoms with van der Waals surface area (Å²) < 4.78 is 0. The predicted octanol–water partition coefficient (Wildman–Crippen LogP) is 2.99. The van der Waals surface area contributed by atoms with Crippen LogP contribution < -0.4 is 10.2 Å². The van der Waals surface area contributed by atoms with Gasteiger partial charge in [0.15, 0.2) is 5.82 Å². The Bertz CT molecular complexity index is 469. The van der Waals surface area contributed by atoms with E-state index in [1.165, 1.54) is 31.5 Å². The molecule has 0 spiro atoms. The highest BCUT2D eigenvalue weighted by molar-refractivity contribution is 5.65. The van der Waals surface area contributed by atoms with E-state index in [2.05, 4.69) is 46.1 Å². The standard InChI is InChI=1S/C17H28N4/c1-14(2)7-11-21-12-8-15(9-13-21)19-16-6-5-10-18-17(16)20(3)4/h5-7,10,15,19H,8-9,11-13H2,1-4H3. The van der Waals surface area contributed by atoms with Gasteiger partial charge in [0.05, 0.1) is 5.69 Å². The quantitative estimate of drug-likeness (QED) is 0.844. The van der Waals surface area contributed by atoms with Gasteiger partial charge in [0.1, 0.15) is 0 Å². The van der Waals surface area contributed by atoms with Gasteiger partial charge in [-0.1, -0.05) is 11.6 Å². The zero-order chi connectivity index (χ0) is 15.2. The number of piperidine rings is 1. The molecule has 0 bridgehead atoms. The Balaban J connectivity index is 1.88. The second kappa shape index (κ2) is 7.46. The van der Waals surface area contributed by atoms with Crippen LogP contribution >= 0.6 is 0 Å². The maximum Gasteiger partial charge on any atom is 0.151 e. The second-order valence-electron chi connectivity index (χ2n) is 6.27. The largest absolute Gasteiger partial charge is 0.379 e. The number of likely N-dealkylation sites (tertiary alicyclic amines) is 1. The number of hydrogen-bond acceptors (Lipinski definition) is 4. The summed E-state index contributed by atoms with van der Waals surface area (Å²) in [5.41, 5.74) is 2.55. The lowest BCUT2D eigenvalue weighted by molar-refractivity contribution is 0.240. The first-order chi connectivity index (χ1) is 10.1. The topological polar surface area (TPSA) is 31.4 Å². The number of hydrogen-bond donors (Lipinski definition) is 1. The van der Waals surface area contributed by atoms with E-state index < -0.39 is 0 Å². The molecule has 4 nitrogen and oxygen atoms in total. The fourth-order valence-corrected chi connectivity index (χ4v) is 2.66. The van der Waals surface area contributed by atoms with E-state index in [1.54, 1.807) is 0 Å². The second-order valence-corrected chi connectivity index (χ2v) is 6.27. The minimum atomic E-state index is 0.552. The molecule has 1 aliphatic rings. The summed E-state index contributed by atoms with van der Waals surface area (Å²) in [4.78, 5) is 9.04. The van der Waals surface area contributed by atoms with Crippen molar-refractivity contribution in [1.82, 2.24) is 9.88 Å². The summed E-state index contributed by atoms with van der Waals surface area (Å²) in [6.07, 6.45) is 6.55. The van der Waals surface area contributed by atoms with Gasteiger partial charge in [-0.25, -0.2) is 4.98 Å². The van der Waals surface area contributed by atoms with Crippen LogP contribution in [0.25, 0.3) is 0 Å². The number of pyridine rings is 1. The number of nitrogens with one attached hydrogen (secondary N) is 1. The van der Waals surface area contributed by atoms with Crippen molar-refractivity contribution in [2.75, 3.05) is 43.9 Å². The minimum absolute atomic E-state index is 0.552. The van der Waals surface area contributed by atoms with E-state index in [0.29, 0.717) is 6.04 Å². The first kappa shape index (κ1) is 15.8. The zero-order valence-electron chi connectivity index (χ0n) is 13.8. The number of rotatable bonds is 5. The van der Waals surface area contributed by atoms with Crippen LogP contribution in [0.3, 0.4) is 0 Å². The van der Waals surface area contributed by atoms with Gasteiger partial charge in [-0.2, -0.15) is 0 Å². The molecular formula is C17H28N4. The molecule has 0 aromatic carbocycles. The van der Waals surface area contributed by atoms with Crippen molar-refractivity contribution in [2.24, 2.45) is 0 Å². The third kappa shape index (κ3) is 4.74. The molecule has 1 N–H and O–H groups in total. The lowest BCUT2D eigenvalue weighted by Crippen LogP contribution is -2.39. The number of allylic oxidation sites excluding steroid dienone is 1. The molecule has 21 heavy (non-hydrogen) atoms. The zero-order valence-corrected chi connectivity index (χ0v) is 13.8. The molecule has 0 unspecified atom stereocenters. The molecule has 0 atom stereocenters. The molecule has 1 aromatic heterocycles. The third-order valence-corrected chi connectivity index (χ3v) is 3.92. The van der Waals surface area contributed by atoms with Crippen molar-refractivity contribution in [3.8, 4) is 0 Å². The summed E-state index contributed by atoms with van der Waals surface area (Å²) in [5, 5.41) is 3.67. The van der Waals surface area contributed by atoms with Crippen molar-refractivity contribution < 1.29 is 0 Å². The molecule has 0 aliphatic carbocycles. The normalized spacial score (nSPS) is 16.6. The Kier molecular flexibility index (Phi) is 5.62. The molecule has 1 saturated heterocycles. The van der Waals surface area contributed by atoms with Gasteiger partial charge in [0.2, 0.25) is 0 Å². The van der Waals surface area contributed by atoms with Crippen LogP contribution in [0.15, 0.2) is 30.0 Å². The maximum absolute atomic E-state index is 4.45. The van der Waals surface area contributed by atoms with Gasteiger partial charge in [0.25, 0.3) is 0 Å². The average Bonchev–Trinajstić information content (AvgIpc) is 2.47.